The lowest BCUT2D eigenvalue weighted by Crippen LogP contribution is -2.60. The minimum atomic E-state index is -2.84. The number of imide groups is 1. The first-order valence-corrected chi connectivity index (χ1v) is 24.0. The maximum Gasteiger partial charge on any atom is 0.328 e. The molecule has 2 aromatic carbocycles. The number of nitrogens with zero attached hydrogens (tertiary/aromatic N) is 8. The largest absolute Gasteiger partial charge is 0.385 e. The molecule has 3 atom stereocenters. The number of piperidine rings is 2. The summed E-state index contributed by atoms with van der Waals surface area (Å²) in [6.07, 6.45) is 10.7. The number of nitrogens with one attached hydrogen (secondary N) is 3. The molecule has 4 aromatic rings. The fourth-order valence-corrected chi connectivity index (χ4v) is 11.9. The Morgan fingerprint density at radius 3 is 2.45 bits per heavy atom. The van der Waals surface area contributed by atoms with E-state index in [1.807, 2.05) is 42.3 Å². The van der Waals surface area contributed by atoms with Crippen molar-refractivity contribution in [2.24, 2.45) is 5.41 Å². The zero-order chi connectivity index (χ0) is 45.9. The van der Waals surface area contributed by atoms with E-state index in [1.54, 1.807) is 17.8 Å². The lowest BCUT2D eigenvalue weighted by atomic mass is 9.66. The number of carbonyl (C=O) groups excluding carboxylic acids is 3. The summed E-state index contributed by atoms with van der Waals surface area (Å²) in [7, 11) is 5.56. The molecule has 2 aliphatic carbocycles. The average Bonchev–Trinajstić information content (AvgIpc) is 3.94. The van der Waals surface area contributed by atoms with Crippen LogP contribution in [-0.2, 0) is 22.5 Å². The smallest absolute Gasteiger partial charge is 0.328 e. The molecule has 18 heteroatoms. The van der Waals surface area contributed by atoms with Gasteiger partial charge in [-0.05, 0) is 118 Å². The fraction of sp³-hybridized carbons (Fsp3) is 0.562. The Balaban J connectivity index is 0.746. The number of anilines is 5. The van der Waals surface area contributed by atoms with Crippen molar-refractivity contribution in [1.29, 1.82) is 0 Å². The van der Waals surface area contributed by atoms with Crippen LogP contribution >= 0.6 is 11.6 Å². The molecule has 4 amide bonds. The molecule has 2 aromatic heterocycles. The van der Waals surface area contributed by atoms with Crippen LogP contribution in [0.4, 0.5) is 42.1 Å². The molecule has 6 aliphatic rings. The molecule has 6 heterocycles. The number of rotatable bonds is 11. The van der Waals surface area contributed by atoms with Gasteiger partial charge in [0.1, 0.15) is 0 Å². The molecular formula is C48H60ClF2N11O4. The molecule has 5 fully saturated rings. The lowest BCUT2D eigenvalue weighted by Gasteiger charge is -2.51. The van der Waals surface area contributed by atoms with Gasteiger partial charge in [0, 0.05) is 77.3 Å². The third-order valence-electron chi connectivity index (χ3n) is 15.8. The summed E-state index contributed by atoms with van der Waals surface area (Å²) in [6, 6.07) is 12.8. The second-order valence-corrected chi connectivity index (χ2v) is 19.7. The highest BCUT2D eigenvalue weighted by atomic mass is 35.5. The predicted octanol–water partition coefficient (Wildman–Crippen LogP) is 6.84. The maximum absolute atomic E-state index is 16.3. The first kappa shape index (κ1) is 44.7. The summed E-state index contributed by atoms with van der Waals surface area (Å²) in [5.74, 6) is -2.71. The van der Waals surface area contributed by atoms with Gasteiger partial charge < -0.3 is 25.2 Å². The minimum absolute atomic E-state index is 0.00103. The van der Waals surface area contributed by atoms with E-state index in [1.165, 1.54) is 4.90 Å². The number of imidazole rings is 1. The SMILES string of the molecule is CNc1cc(N2CCc3c(CN4CCC(N5CCC6(CCC(N(C)c7ccc(Cl)c(N8CCC(=O)NC8=O)c7)CC6)CC5)C(F)(F)C4)cccc32)nn2c(C(=O)N[C@@H]3CC[C@H]3OC)cnc12. The molecular weight excluding hydrogens is 868 g/mol. The topological polar surface area (TPSA) is 143 Å². The molecule has 4 aliphatic heterocycles. The van der Waals surface area contributed by atoms with Crippen LogP contribution in [0.5, 0.6) is 0 Å². The van der Waals surface area contributed by atoms with Crippen molar-refractivity contribution >= 4 is 63.7 Å². The van der Waals surface area contributed by atoms with Crippen LogP contribution in [0.25, 0.3) is 5.65 Å². The summed E-state index contributed by atoms with van der Waals surface area (Å²) in [6.45, 7) is 3.13. The van der Waals surface area contributed by atoms with Gasteiger partial charge in [0.15, 0.2) is 17.2 Å². The van der Waals surface area contributed by atoms with Crippen LogP contribution in [0.2, 0.25) is 5.02 Å². The number of carbonyl (C=O) groups is 3. The van der Waals surface area contributed by atoms with Crippen LogP contribution in [0.3, 0.4) is 0 Å². The molecule has 0 bridgehead atoms. The number of alkyl halides is 2. The van der Waals surface area contributed by atoms with Gasteiger partial charge in [-0.3, -0.25) is 29.6 Å². The van der Waals surface area contributed by atoms with Gasteiger partial charge in [0.2, 0.25) is 5.91 Å². The highest BCUT2D eigenvalue weighted by molar-refractivity contribution is 6.34. The normalized spacial score (nSPS) is 24.6. The lowest BCUT2D eigenvalue weighted by molar-refractivity contribution is -0.138. The van der Waals surface area contributed by atoms with Crippen molar-refractivity contribution in [3.8, 4) is 0 Å². The Hall–Kier alpha value is -5.10. The Morgan fingerprint density at radius 1 is 0.955 bits per heavy atom. The number of benzene rings is 2. The quantitative estimate of drug-likeness (QED) is 0.146. The highest BCUT2D eigenvalue weighted by Crippen LogP contribution is 2.48. The number of hydrogen-bond acceptors (Lipinski definition) is 11. The van der Waals surface area contributed by atoms with Crippen molar-refractivity contribution < 1.29 is 27.9 Å². The number of aromatic nitrogens is 3. The zero-order valence-electron chi connectivity index (χ0n) is 38.0. The van der Waals surface area contributed by atoms with E-state index < -0.39 is 18.0 Å². The van der Waals surface area contributed by atoms with Crippen LogP contribution in [0.15, 0.2) is 48.7 Å². The van der Waals surface area contributed by atoms with Crippen molar-refractivity contribution in [2.75, 3.05) is 80.5 Å². The fourth-order valence-electron chi connectivity index (χ4n) is 11.6. The Morgan fingerprint density at radius 2 is 1.74 bits per heavy atom. The van der Waals surface area contributed by atoms with E-state index in [0.29, 0.717) is 73.1 Å². The van der Waals surface area contributed by atoms with Gasteiger partial charge in [-0.15, -0.1) is 5.10 Å². The van der Waals surface area contributed by atoms with E-state index in [2.05, 4.69) is 54.8 Å². The van der Waals surface area contributed by atoms with E-state index in [0.717, 1.165) is 86.0 Å². The Labute approximate surface area is 389 Å². The van der Waals surface area contributed by atoms with Gasteiger partial charge in [-0.2, -0.15) is 0 Å². The van der Waals surface area contributed by atoms with Crippen LogP contribution in [0.1, 0.15) is 85.8 Å². The number of halogens is 3. The number of ether oxygens (including phenoxy) is 1. The summed E-state index contributed by atoms with van der Waals surface area (Å²) in [4.78, 5) is 52.2. The number of methoxy groups -OCH3 is 1. The maximum atomic E-state index is 16.3. The standard InChI is InChI=1S/C48H60ClF2N11O4/c1-52-36-26-42(56-62-39(27-53-44(36)62)45(64)54-35-9-10-40(35)66-3)60-21-13-33-30(5-4-6-37(33)60)28-58-20-14-41(48(50,51)29-58)59-23-18-47(19-24-59)16-11-31(12-17-47)57(2)32-7-8-34(49)38(25-32)61-22-15-43(63)55-46(61)65/h4-8,25-27,31,35,40-41,52H,9-24,28-29H2,1-3H3,(H,54,64)(H,55,63,65)/t35-,40-,41?/m1/s1. The number of likely N-dealkylation sites (tertiary alicyclic amines) is 2. The number of hydrogen-bond donors (Lipinski definition) is 3. The zero-order valence-corrected chi connectivity index (χ0v) is 38.8. The van der Waals surface area contributed by atoms with Gasteiger partial charge in [0.25, 0.3) is 11.8 Å². The first-order chi connectivity index (χ1) is 31.8. The van der Waals surface area contributed by atoms with Crippen molar-refractivity contribution in [3.63, 3.8) is 0 Å². The van der Waals surface area contributed by atoms with Gasteiger partial charge in [-0.25, -0.2) is 23.1 Å². The second kappa shape index (κ2) is 17.8. The highest BCUT2D eigenvalue weighted by Gasteiger charge is 2.50. The molecule has 1 spiro atoms. The van der Waals surface area contributed by atoms with Crippen molar-refractivity contribution in [1.82, 2.24) is 35.0 Å². The summed E-state index contributed by atoms with van der Waals surface area (Å²) in [5, 5.41) is 14.1. The van der Waals surface area contributed by atoms with Gasteiger partial charge >= 0.3 is 6.03 Å². The summed E-state index contributed by atoms with van der Waals surface area (Å²) in [5.41, 5.74) is 6.56. The monoisotopic (exact) mass is 927 g/mol. The third kappa shape index (κ3) is 8.34. The average molecular weight is 929 g/mol. The van der Waals surface area contributed by atoms with E-state index in [4.69, 9.17) is 21.4 Å². The number of urea groups is 1. The first-order valence-electron chi connectivity index (χ1n) is 23.6. The minimum Gasteiger partial charge on any atom is -0.385 e. The molecule has 10 rings (SSSR count). The molecule has 3 saturated heterocycles. The summed E-state index contributed by atoms with van der Waals surface area (Å²) < 4.78 is 39.7. The second-order valence-electron chi connectivity index (χ2n) is 19.3. The third-order valence-corrected chi connectivity index (χ3v) is 16.1. The molecule has 1 unspecified atom stereocenters. The van der Waals surface area contributed by atoms with Crippen LogP contribution in [0, 0.1) is 5.41 Å². The molecule has 352 valence electrons. The Kier molecular flexibility index (Phi) is 12.1. The predicted molar refractivity (Wildman–Crippen MR) is 250 cm³/mol. The van der Waals surface area contributed by atoms with Crippen LogP contribution in [-0.4, -0.2) is 133 Å². The molecule has 3 N–H and O–H groups in total. The van der Waals surface area contributed by atoms with Crippen LogP contribution < -0.4 is 30.7 Å². The number of fused-ring (bicyclic) bond motifs is 2. The van der Waals surface area contributed by atoms with Gasteiger partial charge in [0.05, 0.1) is 47.3 Å². The number of amides is 4. The molecule has 2 saturated carbocycles. The van der Waals surface area contributed by atoms with E-state index in [-0.39, 0.29) is 48.9 Å². The summed E-state index contributed by atoms with van der Waals surface area (Å²) >= 11 is 6.53. The molecule has 0 radical (unpaired) electrons. The molecule has 15 nitrogen and oxygen atoms in total. The van der Waals surface area contributed by atoms with Crippen molar-refractivity contribution in [2.45, 2.75) is 107 Å². The van der Waals surface area contributed by atoms with Gasteiger partial charge in [-0.1, -0.05) is 23.7 Å². The molecule has 66 heavy (non-hydrogen) atoms. The Bertz CT molecular complexity index is 2500. The van der Waals surface area contributed by atoms with Crippen molar-refractivity contribution in [3.05, 3.63) is 70.5 Å². The van der Waals surface area contributed by atoms with E-state index >= 15 is 8.78 Å². The van der Waals surface area contributed by atoms with E-state index in [9.17, 15) is 14.4 Å².